The van der Waals surface area contributed by atoms with Crippen molar-refractivity contribution >= 4 is 0 Å². The van der Waals surface area contributed by atoms with Gasteiger partial charge in [-0.3, -0.25) is 0 Å². The molecule has 0 radical (unpaired) electrons. The van der Waals surface area contributed by atoms with Crippen molar-refractivity contribution in [2.45, 2.75) is 0 Å². The van der Waals surface area contributed by atoms with E-state index in [9.17, 15) is 0 Å². The fourth-order valence-corrected chi connectivity index (χ4v) is 0.253. The van der Waals surface area contributed by atoms with Crippen LogP contribution in [0.5, 0.6) is 0 Å². The molecule has 0 unspecified atom stereocenters. The van der Waals surface area contributed by atoms with Crippen molar-refractivity contribution in [3.05, 3.63) is 24.5 Å². The largest absolute Gasteiger partial charge is 1.00 e. The summed E-state index contributed by atoms with van der Waals surface area (Å²) in [5, 5.41) is 7.07. The Morgan fingerprint density at radius 1 is 1.00 bits per heavy atom. The van der Waals surface area contributed by atoms with Gasteiger partial charge < -0.3 is 1.43 Å². The molecule has 1 heterocycles. The van der Waals surface area contributed by atoms with Gasteiger partial charge in [0.25, 0.3) is 0 Å². The summed E-state index contributed by atoms with van der Waals surface area (Å²) in [6.45, 7) is 0. The van der Waals surface area contributed by atoms with Crippen LogP contribution in [0.3, 0.4) is 0 Å². The van der Waals surface area contributed by atoms with Gasteiger partial charge in [0.2, 0.25) is 0 Å². The van der Waals surface area contributed by atoms with Crippen molar-refractivity contribution in [3.63, 3.8) is 0 Å². The van der Waals surface area contributed by atoms with Crippen LogP contribution in [0, 0.1) is 0 Å². The van der Waals surface area contributed by atoms with E-state index in [1.807, 2.05) is 12.1 Å². The van der Waals surface area contributed by atoms with Gasteiger partial charge in [-0.1, -0.05) is 0 Å². The van der Waals surface area contributed by atoms with Crippen LogP contribution in [0.15, 0.2) is 24.5 Å². The third-order valence-electron chi connectivity index (χ3n) is 0.483. The Hall–Kier alpha value is 0.0800. The van der Waals surface area contributed by atoms with Crippen molar-refractivity contribution in [1.82, 2.24) is 10.2 Å². The zero-order valence-electron chi connectivity index (χ0n) is 5.20. The van der Waals surface area contributed by atoms with E-state index in [4.69, 9.17) is 0 Å². The predicted molar refractivity (Wildman–Crippen MR) is 23.1 cm³/mol. The molecule has 0 atom stereocenters. The first-order chi connectivity index (χ1) is 3.00. The molecule has 0 fully saturated rings. The van der Waals surface area contributed by atoms with Crippen LogP contribution in [0.2, 0.25) is 0 Å². The number of hydrogen-bond donors (Lipinski definition) is 0. The molecule has 0 amide bonds. The molecule has 0 saturated carbocycles. The summed E-state index contributed by atoms with van der Waals surface area (Å²) in [6, 6.07) is 3.65. The molecule has 0 bridgehead atoms. The summed E-state index contributed by atoms with van der Waals surface area (Å²) in [7, 11) is 0. The van der Waals surface area contributed by atoms with E-state index in [0.29, 0.717) is 0 Å². The first kappa shape index (κ1) is 7.08. The van der Waals surface area contributed by atoms with Crippen LogP contribution in [0.25, 0.3) is 0 Å². The van der Waals surface area contributed by atoms with E-state index >= 15 is 0 Å². The van der Waals surface area contributed by atoms with Gasteiger partial charge in [-0.15, -0.1) is 0 Å². The molecule has 7 heavy (non-hydrogen) atoms. The number of aromatic nitrogens is 2. The summed E-state index contributed by atoms with van der Waals surface area (Å²) in [5.41, 5.74) is 0. The SMILES string of the molecule is [H-].[Na+].c1ccnnc1. The van der Waals surface area contributed by atoms with E-state index in [1.165, 1.54) is 0 Å². The number of rotatable bonds is 0. The molecule has 0 saturated heterocycles. The van der Waals surface area contributed by atoms with Gasteiger partial charge in [0.05, 0.1) is 0 Å². The molecule has 0 spiro atoms. The Bertz CT molecular complexity index is 86.0. The maximum absolute atomic E-state index is 3.53. The molecule has 1 aromatic heterocycles. The van der Waals surface area contributed by atoms with E-state index < -0.39 is 0 Å². The number of nitrogens with zero attached hydrogens (tertiary/aromatic N) is 2. The predicted octanol–water partition coefficient (Wildman–Crippen LogP) is -2.41. The van der Waals surface area contributed by atoms with Crippen LogP contribution >= 0.6 is 0 Å². The van der Waals surface area contributed by atoms with E-state index in [1.54, 1.807) is 12.4 Å². The van der Waals surface area contributed by atoms with Gasteiger partial charge in [0.1, 0.15) is 0 Å². The van der Waals surface area contributed by atoms with Crippen LogP contribution in [0.1, 0.15) is 1.43 Å². The fraction of sp³-hybridized carbons (Fsp3) is 0. The zero-order chi connectivity index (χ0) is 4.24. The average Bonchev–Trinajstić information content (AvgIpc) is 1.72. The minimum atomic E-state index is 0. The smallest absolute Gasteiger partial charge is 1.00 e. The standard InChI is InChI=1S/C4H4N2.Na.H/c1-2-4-6-5-3-1;;/h1-4H;;/q;+1;-1. The van der Waals surface area contributed by atoms with Gasteiger partial charge >= 0.3 is 29.6 Å². The second kappa shape index (κ2) is 4.24. The second-order valence-corrected chi connectivity index (χ2v) is 0.914. The molecule has 32 valence electrons. The van der Waals surface area contributed by atoms with Gasteiger partial charge in [0, 0.05) is 12.4 Å². The van der Waals surface area contributed by atoms with Gasteiger partial charge in [-0.05, 0) is 12.1 Å². The minimum absolute atomic E-state index is 0. The van der Waals surface area contributed by atoms with E-state index in [2.05, 4.69) is 10.2 Å². The summed E-state index contributed by atoms with van der Waals surface area (Å²) in [4.78, 5) is 0. The topological polar surface area (TPSA) is 25.8 Å². The Balaban J connectivity index is 0. The van der Waals surface area contributed by atoms with E-state index in [-0.39, 0.29) is 31.0 Å². The molecule has 0 aliphatic rings. The van der Waals surface area contributed by atoms with Crippen molar-refractivity contribution in [2.24, 2.45) is 0 Å². The summed E-state index contributed by atoms with van der Waals surface area (Å²) in [6.07, 6.45) is 3.28. The van der Waals surface area contributed by atoms with Gasteiger partial charge in [0.15, 0.2) is 0 Å². The molecule has 3 heteroatoms. The maximum atomic E-state index is 3.53. The fourth-order valence-electron chi connectivity index (χ4n) is 0.253. The minimum Gasteiger partial charge on any atom is -1.00 e. The van der Waals surface area contributed by atoms with Crippen molar-refractivity contribution in [2.75, 3.05) is 0 Å². The summed E-state index contributed by atoms with van der Waals surface area (Å²) in [5.74, 6) is 0. The molecular formula is C4H5N2Na. The van der Waals surface area contributed by atoms with Gasteiger partial charge in [-0.2, -0.15) is 10.2 Å². The van der Waals surface area contributed by atoms with E-state index in [0.717, 1.165) is 0 Å². The Kier molecular flexibility index (Phi) is 4.29. The van der Waals surface area contributed by atoms with Crippen molar-refractivity contribution in [3.8, 4) is 0 Å². The molecule has 1 rings (SSSR count). The molecule has 0 aliphatic heterocycles. The molecular weight excluding hydrogens is 99.0 g/mol. The quantitative estimate of drug-likeness (QED) is 0.343. The zero-order valence-corrected chi connectivity index (χ0v) is 6.20. The van der Waals surface area contributed by atoms with Gasteiger partial charge in [-0.25, -0.2) is 0 Å². The summed E-state index contributed by atoms with van der Waals surface area (Å²) >= 11 is 0. The molecule has 0 aromatic carbocycles. The average molecular weight is 104 g/mol. The van der Waals surface area contributed by atoms with Crippen LogP contribution < -0.4 is 29.6 Å². The Morgan fingerprint density at radius 2 is 1.43 bits per heavy atom. The first-order valence-corrected chi connectivity index (χ1v) is 1.72. The van der Waals surface area contributed by atoms with Crippen molar-refractivity contribution < 1.29 is 31.0 Å². The molecule has 2 nitrogen and oxygen atoms in total. The van der Waals surface area contributed by atoms with Crippen molar-refractivity contribution in [1.29, 1.82) is 0 Å². The monoisotopic (exact) mass is 104 g/mol. The second-order valence-electron chi connectivity index (χ2n) is 0.914. The Labute approximate surface area is 65.7 Å². The first-order valence-electron chi connectivity index (χ1n) is 1.72. The third-order valence-corrected chi connectivity index (χ3v) is 0.483. The van der Waals surface area contributed by atoms with Crippen LogP contribution in [-0.4, -0.2) is 10.2 Å². The third kappa shape index (κ3) is 2.74. The maximum Gasteiger partial charge on any atom is 1.00 e. The molecule has 0 N–H and O–H groups in total. The molecule has 1 aromatic rings. The normalized spacial score (nSPS) is 6.86. The summed E-state index contributed by atoms with van der Waals surface area (Å²) < 4.78 is 0. The molecule has 0 aliphatic carbocycles. The Morgan fingerprint density at radius 3 is 1.57 bits per heavy atom. The van der Waals surface area contributed by atoms with Crippen LogP contribution in [-0.2, 0) is 0 Å². The number of hydrogen-bond acceptors (Lipinski definition) is 2. The van der Waals surface area contributed by atoms with Crippen LogP contribution in [0.4, 0.5) is 0 Å².